The standard InChI is InChI=1S/C21H22ClN5O3S/c1-25-9-10-26(2)24-18(25)13-3-5-14(6-4-13)27-12-21(30-20(27)29)11-16(21)23-19(28)15-7-8-17(22)31-15/h3-8,16H,9-12H2,1-2H3,(H,23,28). The first kappa shape index (κ1) is 20.1. The summed E-state index contributed by atoms with van der Waals surface area (Å²) in [5.74, 6) is 0.708. The first-order valence-corrected chi connectivity index (χ1v) is 11.2. The summed E-state index contributed by atoms with van der Waals surface area (Å²) >= 11 is 7.14. The Labute approximate surface area is 189 Å². The van der Waals surface area contributed by atoms with Gasteiger partial charge in [-0.05, 0) is 36.4 Å². The molecule has 1 aromatic heterocycles. The monoisotopic (exact) mass is 459 g/mol. The Morgan fingerprint density at radius 2 is 2.00 bits per heavy atom. The van der Waals surface area contributed by atoms with Gasteiger partial charge in [-0.25, -0.2) is 4.79 Å². The van der Waals surface area contributed by atoms with Crippen molar-refractivity contribution in [2.45, 2.75) is 18.1 Å². The predicted octanol–water partition coefficient (Wildman–Crippen LogP) is 2.84. The van der Waals surface area contributed by atoms with Crippen LogP contribution in [0, 0.1) is 0 Å². The van der Waals surface area contributed by atoms with Crippen LogP contribution in [0.5, 0.6) is 0 Å². The van der Waals surface area contributed by atoms with Gasteiger partial charge in [-0.15, -0.1) is 11.3 Å². The van der Waals surface area contributed by atoms with Gasteiger partial charge in [0.25, 0.3) is 5.91 Å². The number of carbonyl (C=O) groups excluding carboxylic acids is 2. The molecule has 5 rings (SSSR count). The van der Waals surface area contributed by atoms with E-state index in [-0.39, 0.29) is 11.9 Å². The number of anilines is 1. The number of hydrazone groups is 1. The maximum absolute atomic E-state index is 12.6. The van der Waals surface area contributed by atoms with E-state index in [1.54, 1.807) is 17.0 Å². The van der Waals surface area contributed by atoms with E-state index in [1.807, 2.05) is 43.4 Å². The first-order valence-electron chi connectivity index (χ1n) is 10.0. The molecule has 1 saturated heterocycles. The molecule has 2 atom stereocenters. The van der Waals surface area contributed by atoms with Crippen LogP contribution in [-0.2, 0) is 4.74 Å². The zero-order valence-corrected chi connectivity index (χ0v) is 18.7. The van der Waals surface area contributed by atoms with Gasteiger partial charge in [0.1, 0.15) is 0 Å². The summed E-state index contributed by atoms with van der Waals surface area (Å²) in [6.45, 7) is 2.20. The van der Waals surface area contributed by atoms with Crippen LogP contribution in [-0.4, -0.2) is 73.1 Å². The highest BCUT2D eigenvalue weighted by Gasteiger charge is 2.64. The summed E-state index contributed by atoms with van der Waals surface area (Å²) in [5.41, 5.74) is 1.09. The average Bonchev–Trinajstić information content (AvgIpc) is 3.06. The lowest BCUT2D eigenvalue weighted by atomic mass is 10.1. The van der Waals surface area contributed by atoms with Crippen LogP contribution < -0.4 is 10.2 Å². The van der Waals surface area contributed by atoms with Crippen molar-refractivity contribution in [3.05, 3.63) is 51.2 Å². The molecule has 31 heavy (non-hydrogen) atoms. The molecule has 1 spiro atoms. The molecule has 2 aromatic rings. The molecule has 10 heteroatoms. The molecule has 2 unspecified atom stereocenters. The SMILES string of the molecule is CN1CCN(C)C(c2ccc(N3CC4(CC4NC(=O)c4ccc(Cl)s4)OC3=O)cc2)=N1. The molecule has 3 heterocycles. The molecule has 3 aliphatic rings. The Morgan fingerprint density at radius 3 is 2.71 bits per heavy atom. The lowest BCUT2D eigenvalue weighted by molar-refractivity contribution is 0.0913. The number of nitrogens with zero attached hydrogens (tertiary/aromatic N) is 4. The zero-order chi connectivity index (χ0) is 21.8. The lowest BCUT2D eigenvalue weighted by Crippen LogP contribution is -2.40. The van der Waals surface area contributed by atoms with Crippen molar-refractivity contribution in [3.8, 4) is 0 Å². The third-order valence-electron chi connectivity index (χ3n) is 5.89. The average molecular weight is 460 g/mol. The summed E-state index contributed by atoms with van der Waals surface area (Å²) < 4.78 is 6.23. The van der Waals surface area contributed by atoms with Crippen LogP contribution in [0.15, 0.2) is 41.5 Å². The largest absolute Gasteiger partial charge is 0.438 e. The van der Waals surface area contributed by atoms with Gasteiger partial charge in [0, 0.05) is 38.3 Å². The van der Waals surface area contributed by atoms with Crippen molar-refractivity contribution in [1.29, 1.82) is 0 Å². The molecule has 0 bridgehead atoms. The number of halogens is 1. The summed E-state index contributed by atoms with van der Waals surface area (Å²) in [4.78, 5) is 29.2. The number of amidine groups is 1. The van der Waals surface area contributed by atoms with Crippen LogP contribution >= 0.6 is 22.9 Å². The van der Waals surface area contributed by atoms with Crippen LogP contribution in [0.4, 0.5) is 10.5 Å². The second kappa shape index (κ2) is 7.42. The molecule has 162 valence electrons. The van der Waals surface area contributed by atoms with Gasteiger partial charge in [0.15, 0.2) is 11.4 Å². The van der Waals surface area contributed by atoms with Crippen LogP contribution in [0.1, 0.15) is 21.7 Å². The fourth-order valence-corrected chi connectivity index (χ4v) is 4.92. The number of benzene rings is 1. The van der Waals surface area contributed by atoms with E-state index in [0.29, 0.717) is 22.2 Å². The number of nitrogens with one attached hydrogen (secondary N) is 1. The van der Waals surface area contributed by atoms with Crippen molar-refractivity contribution in [2.24, 2.45) is 5.10 Å². The Kier molecular flexibility index (Phi) is 4.82. The van der Waals surface area contributed by atoms with Crippen molar-refractivity contribution >= 4 is 46.5 Å². The zero-order valence-electron chi connectivity index (χ0n) is 17.2. The van der Waals surface area contributed by atoms with Crippen molar-refractivity contribution < 1.29 is 14.3 Å². The van der Waals surface area contributed by atoms with Gasteiger partial charge >= 0.3 is 6.09 Å². The summed E-state index contributed by atoms with van der Waals surface area (Å²) in [7, 11) is 3.98. The van der Waals surface area contributed by atoms with Crippen LogP contribution in [0.25, 0.3) is 0 Å². The van der Waals surface area contributed by atoms with Crippen molar-refractivity contribution in [2.75, 3.05) is 38.6 Å². The molecule has 1 N–H and O–H groups in total. The lowest BCUT2D eigenvalue weighted by Gasteiger charge is -2.30. The number of rotatable bonds is 4. The highest BCUT2D eigenvalue weighted by Crippen LogP contribution is 2.46. The molecule has 2 aliphatic heterocycles. The molecule has 1 saturated carbocycles. The molecule has 2 fully saturated rings. The van der Waals surface area contributed by atoms with E-state index in [4.69, 9.17) is 16.3 Å². The van der Waals surface area contributed by atoms with Gasteiger partial charge in [0.05, 0.1) is 28.3 Å². The van der Waals surface area contributed by atoms with Crippen molar-refractivity contribution in [3.63, 3.8) is 0 Å². The first-order chi connectivity index (χ1) is 14.8. The summed E-state index contributed by atoms with van der Waals surface area (Å²) in [5, 5.41) is 9.48. The number of amides is 2. The number of hydrogen-bond donors (Lipinski definition) is 1. The van der Waals surface area contributed by atoms with E-state index < -0.39 is 11.7 Å². The number of likely N-dealkylation sites (N-methyl/N-ethyl adjacent to an activating group) is 2. The molecule has 1 aromatic carbocycles. The second-order valence-electron chi connectivity index (χ2n) is 8.13. The normalized spacial score (nSPS) is 25.0. The Bertz CT molecular complexity index is 1070. The quantitative estimate of drug-likeness (QED) is 0.760. The van der Waals surface area contributed by atoms with E-state index in [0.717, 1.165) is 30.2 Å². The van der Waals surface area contributed by atoms with Gasteiger partial charge < -0.3 is 15.0 Å². The molecule has 0 radical (unpaired) electrons. The number of ether oxygens (including phenoxy) is 1. The molecule has 1 aliphatic carbocycles. The van der Waals surface area contributed by atoms with E-state index in [1.165, 1.54) is 11.3 Å². The predicted molar refractivity (Wildman–Crippen MR) is 120 cm³/mol. The number of thiophene rings is 1. The van der Waals surface area contributed by atoms with Gasteiger partial charge in [-0.3, -0.25) is 14.7 Å². The third-order valence-corrected chi connectivity index (χ3v) is 7.12. The minimum Gasteiger partial charge on any atom is -0.438 e. The van der Waals surface area contributed by atoms with Crippen molar-refractivity contribution in [1.82, 2.24) is 15.2 Å². The molecule has 8 nitrogen and oxygen atoms in total. The Morgan fingerprint density at radius 1 is 1.23 bits per heavy atom. The topological polar surface area (TPSA) is 77.5 Å². The smallest absolute Gasteiger partial charge is 0.415 e. The van der Waals surface area contributed by atoms with E-state index in [2.05, 4.69) is 15.3 Å². The maximum atomic E-state index is 12.6. The fourth-order valence-electron chi connectivity index (χ4n) is 3.97. The fraction of sp³-hybridized carbons (Fsp3) is 0.381. The molecular weight excluding hydrogens is 438 g/mol. The minimum atomic E-state index is -0.664. The minimum absolute atomic E-state index is 0.194. The third kappa shape index (κ3) is 3.72. The molecular formula is C21H22ClN5O3S. The van der Waals surface area contributed by atoms with Gasteiger partial charge in [0.2, 0.25) is 0 Å². The number of carbonyl (C=O) groups is 2. The summed E-state index contributed by atoms with van der Waals surface area (Å²) in [6, 6.07) is 10.9. The number of hydrogen-bond acceptors (Lipinski definition) is 7. The van der Waals surface area contributed by atoms with Gasteiger partial charge in [-0.1, -0.05) is 11.6 Å². The highest BCUT2D eigenvalue weighted by atomic mass is 35.5. The Balaban J connectivity index is 1.26. The second-order valence-corrected chi connectivity index (χ2v) is 9.84. The van der Waals surface area contributed by atoms with Gasteiger partial charge in [-0.2, -0.15) is 5.10 Å². The van der Waals surface area contributed by atoms with Crippen LogP contribution in [0.3, 0.4) is 0 Å². The van der Waals surface area contributed by atoms with E-state index in [9.17, 15) is 9.59 Å². The van der Waals surface area contributed by atoms with Crippen LogP contribution in [0.2, 0.25) is 4.34 Å². The highest BCUT2D eigenvalue weighted by molar-refractivity contribution is 7.18. The summed E-state index contributed by atoms with van der Waals surface area (Å²) in [6.07, 6.45) is 0.210. The van der Waals surface area contributed by atoms with E-state index >= 15 is 0 Å². The Hall–Kier alpha value is -2.78. The maximum Gasteiger partial charge on any atom is 0.415 e. The molecule has 2 amide bonds.